The molecule has 3 atom stereocenters. The highest BCUT2D eigenvalue weighted by Crippen LogP contribution is 2.19. The first-order valence-electron chi connectivity index (χ1n) is 10.5. The molecular formula is C26H23N3O5. The lowest BCUT2D eigenvalue weighted by molar-refractivity contribution is -0.143. The van der Waals surface area contributed by atoms with E-state index in [1.54, 1.807) is 84.9 Å². The molecule has 8 nitrogen and oxygen atoms in total. The Labute approximate surface area is 196 Å². The monoisotopic (exact) mass is 457 g/mol. The zero-order valence-electron chi connectivity index (χ0n) is 18.1. The van der Waals surface area contributed by atoms with Crippen LogP contribution in [0.1, 0.15) is 33.1 Å². The fraction of sp³-hybridized carbons (Fsp3) is 0.154. The maximum atomic E-state index is 12.9. The van der Waals surface area contributed by atoms with Crippen LogP contribution < -0.4 is 10.6 Å². The van der Waals surface area contributed by atoms with Gasteiger partial charge in [-0.15, -0.1) is 0 Å². The maximum Gasteiger partial charge on any atom is 0.326 e. The van der Waals surface area contributed by atoms with E-state index in [2.05, 4.69) is 10.6 Å². The number of aliphatic hydroxyl groups excluding tert-OH is 1. The first-order chi connectivity index (χ1) is 16.4. The van der Waals surface area contributed by atoms with Crippen molar-refractivity contribution in [3.8, 4) is 6.07 Å². The van der Waals surface area contributed by atoms with Crippen molar-refractivity contribution < 1.29 is 24.6 Å². The van der Waals surface area contributed by atoms with Gasteiger partial charge in [0.15, 0.2) is 6.10 Å². The lowest BCUT2D eigenvalue weighted by atomic mass is 9.98. The number of hydrogen-bond acceptors (Lipinski definition) is 5. The standard InChI is InChI=1S/C26H23N3O5/c27-16-20-14-8-7-13-19(20)15-21(26(33)34)28-25(32)23(30)22(17-9-3-1-4-10-17)29-24(31)18-11-5-2-6-12-18/h1-14,21-23,30H,15H2,(H,28,32)(H,29,31)(H,33,34)/t21-,22+,23-/m1/s1. The third-order valence-electron chi connectivity index (χ3n) is 5.24. The molecule has 0 unspecified atom stereocenters. The van der Waals surface area contributed by atoms with E-state index in [4.69, 9.17) is 0 Å². The van der Waals surface area contributed by atoms with Crippen molar-refractivity contribution in [1.29, 1.82) is 5.26 Å². The van der Waals surface area contributed by atoms with Crippen molar-refractivity contribution in [2.75, 3.05) is 0 Å². The number of amides is 2. The van der Waals surface area contributed by atoms with Crippen molar-refractivity contribution in [2.24, 2.45) is 0 Å². The average molecular weight is 457 g/mol. The summed E-state index contributed by atoms with van der Waals surface area (Å²) in [5.41, 5.74) is 1.55. The largest absolute Gasteiger partial charge is 0.480 e. The predicted octanol–water partition coefficient (Wildman–Crippen LogP) is 2.20. The highest BCUT2D eigenvalue weighted by molar-refractivity contribution is 5.95. The zero-order chi connectivity index (χ0) is 24.5. The molecule has 0 saturated heterocycles. The van der Waals surface area contributed by atoms with Crippen LogP contribution in [0.2, 0.25) is 0 Å². The second-order valence-electron chi connectivity index (χ2n) is 7.55. The second kappa shape index (κ2) is 11.4. The number of nitrogens with one attached hydrogen (secondary N) is 2. The van der Waals surface area contributed by atoms with Crippen LogP contribution in [0.25, 0.3) is 0 Å². The minimum atomic E-state index is -1.77. The number of carboxylic acids is 1. The summed E-state index contributed by atoms with van der Waals surface area (Å²) in [7, 11) is 0. The Morgan fingerprint density at radius 3 is 2.06 bits per heavy atom. The number of nitriles is 1. The Morgan fingerprint density at radius 1 is 0.853 bits per heavy atom. The first-order valence-corrected chi connectivity index (χ1v) is 10.5. The molecule has 0 spiro atoms. The Morgan fingerprint density at radius 2 is 1.44 bits per heavy atom. The topological polar surface area (TPSA) is 140 Å². The molecule has 0 aliphatic carbocycles. The summed E-state index contributed by atoms with van der Waals surface area (Å²) in [5.74, 6) is -2.79. The SMILES string of the molecule is N#Cc1ccccc1C[C@@H](NC(=O)[C@H](O)[C@@H](NC(=O)c1ccccc1)c1ccccc1)C(=O)O. The van der Waals surface area contributed by atoms with Crippen LogP contribution >= 0.6 is 0 Å². The number of benzene rings is 3. The molecule has 3 aromatic rings. The summed E-state index contributed by atoms with van der Waals surface area (Å²) in [6.07, 6.45) is -1.92. The molecule has 172 valence electrons. The van der Waals surface area contributed by atoms with Gasteiger partial charge in [0.05, 0.1) is 17.7 Å². The lowest BCUT2D eigenvalue weighted by Crippen LogP contribution is -2.50. The number of hydrogen-bond donors (Lipinski definition) is 4. The molecule has 0 saturated carbocycles. The summed E-state index contributed by atoms with van der Waals surface area (Å²) in [6, 6.07) is 22.7. The molecular weight excluding hydrogens is 434 g/mol. The van der Waals surface area contributed by atoms with Crippen LogP contribution in [-0.2, 0) is 16.0 Å². The first kappa shape index (κ1) is 24.2. The number of rotatable bonds is 9. The van der Waals surface area contributed by atoms with E-state index in [9.17, 15) is 29.9 Å². The van der Waals surface area contributed by atoms with Crippen LogP contribution in [0.4, 0.5) is 0 Å². The third kappa shape index (κ3) is 6.06. The fourth-order valence-corrected chi connectivity index (χ4v) is 3.45. The van der Waals surface area contributed by atoms with Gasteiger partial charge < -0.3 is 20.8 Å². The minimum absolute atomic E-state index is 0.149. The summed E-state index contributed by atoms with van der Waals surface area (Å²) in [6.45, 7) is 0. The highest BCUT2D eigenvalue weighted by Gasteiger charge is 2.32. The number of nitrogens with zero attached hydrogens (tertiary/aromatic N) is 1. The Kier molecular flexibility index (Phi) is 8.11. The smallest absolute Gasteiger partial charge is 0.326 e. The van der Waals surface area contributed by atoms with Crippen molar-refractivity contribution in [3.05, 3.63) is 107 Å². The number of carboxylic acid groups (broad SMARTS) is 1. The van der Waals surface area contributed by atoms with E-state index < -0.39 is 36.0 Å². The van der Waals surface area contributed by atoms with Crippen molar-refractivity contribution in [3.63, 3.8) is 0 Å². The van der Waals surface area contributed by atoms with E-state index >= 15 is 0 Å². The minimum Gasteiger partial charge on any atom is -0.480 e. The van der Waals surface area contributed by atoms with Gasteiger partial charge in [-0.2, -0.15) is 5.26 Å². The van der Waals surface area contributed by atoms with E-state index in [0.717, 1.165) is 0 Å². The molecule has 3 rings (SSSR count). The molecule has 0 fully saturated rings. The van der Waals surface area contributed by atoms with Crippen LogP contribution in [0.5, 0.6) is 0 Å². The lowest BCUT2D eigenvalue weighted by Gasteiger charge is -2.25. The van der Waals surface area contributed by atoms with E-state index in [1.165, 1.54) is 0 Å². The van der Waals surface area contributed by atoms with Crippen molar-refractivity contribution in [1.82, 2.24) is 10.6 Å². The van der Waals surface area contributed by atoms with Gasteiger partial charge in [0.2, 0.25) is 0 Å². The maximum absolute atomic E-state index is 12.9. The molecule has 0 bridgehead atoms. The van der Waals surface area contributed by atoms with Gasteiger partial charge in [-0.1, -0.05) is 66.7 Å². The summed E-state index contributed by atoms with van der Waals surface area (Å²) in [5, 5.41) is 34.7. The van der Waals surface area contributed by atoms with Crippen LogP contribution in [-0.4, -0.2) is 40.1 Å². The van der Waals surface area contributed by atoms with Gasteiger partial charge >= 0.3 is 5.97 Å². The molecule has 2 amide bonds. The highest BCUT2D eigenvalue weighted by atomic mass is 16.4. The predicted molar refractivity (Wildman–Crippen MR) is 124 cm³/mol. The summed E-state index contributed by atoms with van der Waals surface area (Å²) >= 11 is 0. The van der Waals surface area contributed by atoms with E-state index in [1.807, 2.05) is 6.07 Å². The molecule has 0 radical (unpaired) electrons. The van der Waals surface area contributed by atoms with E-state index in [-0.39, 0.29) is 6.42 Å². The van der Waals surface area contributed by atoms with Gasteiger partial charge in [0.1, 0.15) is 6.04 Å². The van der Waals surface area contributed by atoms with Gasteiger partial charge in [-0.25, -0.2) is 4.79 Å². The summed E-state index contributed by atoms with van der Waals surface area (Å²) < 4.78 is 0. The van der Waals surface area contributed by atoms with E-state index in [0.29, 0.717) is 22.3 Å². The average Bonchev–Trinajstić information content (AvgIpc) is 2.87. The van der Waals surface area contributed by atoms with Gasteiger partial charge in [0.25, 0.3) is 11.8 Å². The molecule has 0 aliphatic rings. The van der Waals surface area contributed by atoms with Gasteiger partial charge in [0, 0.05) is 12.0 Å². The second-order valence-corrected chi connectivity index (χ2v) is 7.55. The molecule has 0 aromatic heterocycles. The number of carbonyl (C=O) groups excluding carboxylic acids is 2. The number of aliphatic hydroxyl groups is 1. The Hall–Kier alpha value is -4.48. The van der Waals surface area contributed by atoms with Crippen LogP contribution in [0.15, 0.2) is 84.9 Å². The molecule has 8 heteroatoms. The Balaban J connectivity index is 1.81. The molecule has 0 aliphatic heterocycles. The zero-order valence-corrected chi connectivity index (χ0v) is 18.1. The molecule has 34 heavy (non-hydrogen) atoms. The molecule has 3 aromatic carbocycles. The van der Waals surface area contributed by atoms with Crippen LogP contribution in [0.3, 0.4) is 0 Å². The molecule has 4 N–H and O–H groups in total. The normalized spacial score (nSPS) is 13.1. The number of carbonyl (C=O) groups is 3. The fourth-order valence-electron chi connectivity index (χ4n) is 3.45. The Bertz CT molecular complexity index is 1190. The molecule has 0 heterocycles. The number of aliphatic carboxylic acids is 1. The van der Waals surface area contributed by atoms with Gasteiger partial charge in [-0.05, 0) is 29.3 Å². The quantitative estimate of drug-likeness (QED) is 0.388. The van der Waals surface area contributed by atoms with Crippen LogP contribution in [0, 0.1) is 11.3 Å². The third-order valence-corrected chi connectivity index (χ3v) is 5.24. The summed E-state index contributed by atoms with van der Waals surface area (Å²) in [4.78, 5) is 37.4. The van der Waals surface area contributed by atoms with Crippen molar-refractivity contribution in [2.45, 2.75) is 24.6 Å². The van der Waals surface area contributed by atoms with Crippen molar-refractivity contribution >= 4 is 17.8 Å². The van der Waals surface area contributed by atoms with Gasteiger partial charge in [-0.3, -0.25) is 9.59 Å².